The van der Waals surface area contributed by atoms with Crippen molar-refractivity contribution in [1.29, 1.82) is 0 Å². The van der Waals surface area contributed by atoms with E-state index < -0.39 is 17.2 Å². The number of nitrogens with one attached hydrogen (secondary N) is 1. The Morgan fingerprint density at radius 3 is 2.45 bits per heavy atom. The minimum Gasteiger partial charge on any atom is -0.444 e. The fraction of sp³-hybridized carbons (Fsp3) is 0.562. The molecule has 0 aromatic heterocycles. The maximum absolute atomic E-state index is 13.6. The third kappa shape index (κ3) is 4.58. The molecule has 0 atom stereocenters. The van der Waals surface area contributed by atoms with E-state index >= 15 is 0 Å². The normalized spacial score (nSPS) is 16.5. The highest BCUT2D eigenvalue weighted by Gasteiger charge is 2.27. The average Bonchev–Trinajstić information content (AvgIpc) is 2.41. The lowest BCUT2D eigenvalue weighted by molar-refractivity contribution is 0.0210. The second-order valence-electron chi connectivity index (χ2n) is 6.51. The lowest BCUT2D eigenvalue weighted by Crippen LogP contribution is -2.44. The zero-order chi connectivity index (χ0) is 16.3. The summed E-state index contributed by atoms with van der Waals surface area (Å²) in [6.45, 7) is 6.59. The van der Waals surface area contributed by atoms with Crippen LogP contribution < -0.4 is 5.32 Å². The lowest BCUT2D eigenvalue weighted by atomic mass is 10.0. The molecule has 1 N–H and O–H groups in total. The first-order chi connectivity index (χ1) is 10.2. The summed E-state index contributed by atoms with van der Waals surface area (Å²) in [4.78, 5) is 13.6. The topological polar surface area (TPSA) is 41.6 Å². The van der Waals surface area contributed by atoms with Crippen LogP contribution in [-0.4, -0.2) is 35.7 Å². The van der Waals surface area contributed by atoms with E-state index in [-0.39, 0.29) is 17.8 Å². The summed E-state index contributed by atoms with van der Waals surface area (Å²) in [5.74, 6) is -1.20. The van der Waals surface area contributed by atoms with E-state index in [2.05, 4.69) is 5.32 Å². The quantitative estimate of drug-likeness (QED) is 0.903. The highest BCUT2D eigenvalue weighted by molar-refractivity contribution is 5.68. The first kappa shape index (κ1) is 16.5. The predicted octanol–water partition coefficient (Wildman–Crippen LogP) is 3.78. The summed E-state index contributed by atoms with van der Waals surface area (Å²) in [6.07, 6.45) is 1.06. The van der Waals surface area contributed by atoms with Crippen LogP contribution in [0.5, 0.6) is 0 Å². The molecule has 1 aliphatic rings. The van der Waals surface area contributed by atoms with Crippen molar-refractivity contribution < 1.29 is 18.3 Å². The first-order valence-electron chi connectivity index (χ1n) is 7.44. The van der Waals surface area contributed by atoms with Gasteiger partial charge in [0, 0.05) is 25.2 Å². The van der Waals surface area contributed by atoms with Gasteiger partial charge < -0.3 is 15.0 Å². The Kier molecular flexibility index (Phi) is 4.88. The molecule has 122 valence electrons. The number of rotatable bonds is 2. The molecule has 0 bridgehead atoms. The van der Waals surface area contributed by atoms with Gasteiger partial charge in [0.15, 0.2) is 0 Å². The van der Waals surface area contributed by atoms with Gasteiger partial charge in [0.25, 0.3) is 0 Å². The van der Waals surface area contributed by atoms with Gasteiger partial charge in [-0.05, 0) is 45.7 Å². The number of amides is 1. The number of carbonyl (C=O) groups is 1. The summed E-state index contributed by atoms with van der Waals surface area (Å²) in [5.41, 5.74) is -0.221. The van der Waals surface area contributed by atoms with E-state index in [1.165, 1.54) is 12.1 Å². The maximum Gasteiger partial charge on any atom is 0.410 e. The van der Waals surface area contributed by atoms with Crippen LogP contribution in [0.3, 0.4) is 0 Å². The summed E-state index contributed by atoms with van der Waals surface area (Å²) in [6, 6.07) is 3.53. The molecule has 1 amide bonds. The number of hydrogen-bond donors (Lipinski definition) is 1. The summed E-state index contributed by atoms with van der Waals surface area (Å²) in [7, 11) is 0. The molecule has 1 aromatic rings. The standard InChI is InChI=1S/C16H22F2N2O2/c1-16(2,3)22-15(21)20-8-6-12(7-9-20)19-14-5-4-11(17)10-13(14)18/h4-5,10,12,19H,6-9H2,1-3H3. The number of carbonyl (C=O) groups excluding carboxylic acids is 1. The molecule has 0 aliphatic carbocycles. The molecule has 0 radical (unpaired) electrons. The summed E-state index contributed by atoms with van der Waals surface area (Å²) < 4.78 is 31.8. The van der Waals surface area contributed by atoms with Crippen molar-refractivity contribution in [3.8, 4) is 0 Å². The molecule has 1 saturated heterocycles. The molecule has 1 fully saturated rings. The van der Waals surface area contributed by atoms with Gasteiger partial charge in [-0.2, -0.15) is 0 Å². The molecular weight excluding hydrogens is 290 g/mol. The number of ether oxygens (including phenoxy) is 1. The van der Waals surface area contributed by atoms with E-state index in [4.69, 9.17) is 4.74 Å². The third-order valence-electron chi connectivity index (χ3n) is 3.44. The second kappa shape index (κ2) is 6.50. The molecule has 0 saturated carbocycles. The summed E-state index contributed by atoms with van der Waals surface area (Å²) in [5, 5.41) is 3.06. The van der Waals surface area contributed by atoms with Gasteiger partial charge in [0.2, 0.25) is 0 Å². The van der Waals surface area contributed by atoms with Crippen molar-refractivity contribution in [3.63, 3.8) is 0 Å². The van der Waals surface area contributed by atoms with E-state index in [0.29, 0.717) is 25.9 Å². The van der Waals surface area contributed by atoms with Crippen LogP contribution in [0.4, 0.5) is 19.3 Å². The van der Waals surface area contributed by atoms with Crippen LogP contribution in [0.25, 0.3) is 0 Å². The molecule has 1 aromatic carbocycles. The molecule has 0 spiro atoms. The van der Waals surface area contributed by atoms with E-state index in [1.807, 2.05) is 20.8 Å². The predicted molar refractivity (Wildman–Crippen MR) is 80.8 cm³/mol. The molecular formula is C16H22F2N2O2. The fourth-order valence-electron chi connectivity index (χ4n) is 2.36. The average molecular weight is 312 g/mol. The van der Waals surface area contributed by atoms with Crippen LogP contribution >= 0.6 is 0 Å². The molecule has 6 heteroatoms. The van der Waals surface area contributed by atoms with Gasteiger partial charge in [0.1, 0.15) is 17.2 Å². The van der Waals surface area contributed by atoms with Crippen LogP contribution in [-0.2, 0) is 4.74 Å². The smallest absolute Gasteiger partial charge is 0.410 e. The van der Waals surface area contributed by atoms with Crippen LogP contribution in [0.15, 0.2) is 18.2 Å². The van der Waals surface area contributed by atoms with Crippen molar-refractivity contribution in [2.24, 2.45) is 0 Å². The number of halogens is 2. The van der Waals surface area contributed by atoms with E-state index in [9.17, 15) is 13.6 Å². The fourth-order valence-corrected chi connectivity index (χ4v) is 2.36. The number of likely N-dealkylation sites (tertiary alicyclic amines) is 1. The van der Waals surface area contributed by atoms with Crippen molar-refractivity contribution in [1.82, 2.24) is 4.90 Å². The largest absolute Gasteiger partial charge is 0.444 e. The SMILES string of the molecule is CC(C)(C)OC(=O)N1CCC(Nc2ccc(F)cc2F)CC1. The van der Waals surface area contributed by atoms with Gasteiger partial charge in [-0.3, -0.25) is 0 Å². The van der Waals surface area contributed by atoms with Gasteiger partial charge in [-0.15, -0.1) is 0 Å². The van der Waals surface area contributed by atoms with Gasteiger partial charge in [-0.1, -0.05) is 0 Å². The van der Waals surface area contributed by atoms with Crippen molar-refractivity contribution >= 4 is 11.8 Å². The van der Waals surface area contributed by atoms with Crippen LogP contribution in [0.1, 0.15) is 33.6 Å². The Bertz CT molecular complexity index is 535. The lowest BCUT2D eigenvalue weighted by Gasteiger charge is -2.34. The number of piperidine rings is 1. The number of nitrogens with zero attached hydrogens (tertiary/aromatic N) is 1. The van der Waals surface area contributed by atoms with E-state index in [1.54, 1.807) is 4.90 Å². The Balaban J connectivity index is 1.86. The third-order valence-corrected chi connectivity index (χ3v) is 3.44. The highest BCUT2D eigenvalue weighted by atomic mass is 19.1. The monoisotopic (exact) mass is 312 g/mol. The zero-order valence-corrected chi connectivity index (χ0v) is 13.2. The Labute approximate surface area is 129 Å². The minimum absolute atomic E-state index is 0.0543. The van der Waals surface area contributed by atoms with Crippen LogP contribution in [0, 0.1) is 11.6 Å². The molecule has 1 heterocycles. The summed E-state index contributed by atoms with van der Waals surface area (Å²) >= 11 is 0. The van der Waals surface area contributed by atoms with Crippen LogP contribution in [0.2, 0.25) is 0 Å². The van der Waals surface area contributed by atoms with Gasteiger partial charge in [0.05, 0.1) is 5.69 Å². The number of benzene rings is 1. The van der Waals surface area contributed by atoms with Gasteiger partial charge in [-0.25, -0.2) is 13.6 Å². The molecule has 22 heavy (non-hydrogen) atoms. The van der Waals surface area contributed by atoms with Gasteiger partial charge >= 0.3 is 6.09 Å². The Morgan fingerprint density at radius 1 is 1.27 bits per heavy atom. The minimum atomic E-state index is -0.602. The van der Waals surface area contributed by atoms with Crippen molar-refractivity contribution in [2.45, 2.75) is 45.3 Å². The van der Waals surface area contributed by atoms with E-state index in [0.717, 1.165) is 6.07 Å². The number of hydrogen-bond acceptors (Lipinski definition) is 3. The second-order valence-corrected chi connectivity index (χ2v) is 6.51. The maximum atomic E-state index is 13.6. The first-order valence-corrected chi connectivity index (χ1v) is 7.44. The molecule has 0 unspecified atom stereocenters. The Morgan fingerprint density at radius 2 is 1.91 bits per heavy atom. The molecule has 2 rings (SSSR count). The zero-order valence-electron chi connectivity index (χ0n) is 13.2. The molecule has 1 aliphatic heterocycles. The highest BCUT2D eigenvalue weighted by Crippen LogP contribution is 2.21. The Hall–Kier alpha value is -1.85. The van der Waals surface area contributed by atoms with Crippen molar-refractivity contribution in [2.75, 3.05) is 18.4 Å². The van der Waals surface area contributed by atoms with Crippen molar-refractivity contribution in [3.05, 3.63) is 29.8 Å². The molecule has 4 nitrogen and oxygen atoms in total. The number of anilines is 1.